The molecule has 1 aliphatic heterocycles. The van der Waals surface area contributed by atoms with Crippen molar-refractivity contribution < 1.29 is 9.53 Å². The van der Waals surface area contributed by atoms with E-state index in [9.17, 15) is 4.79 Å². The van der Waals surface area contributed by atoms with Gasteiger partial charge in [-0.1, -0.05) is 30.3 Å². The monoisotopic (exact) mass is 319 g/mol. The Kier molecular flexibility index (Phi) is 7.02. The van der Waals surface area contributed by atoms with Gasteiger partial charge < -0.3 is 20.7 Å². The molecule has 1 amide bonds. The van der Waals surface area contributed by atoms with E-state index < -0.39 is 0 Å². The molecule has 1 heterocycles. The highest BCUT2D eigenvalue weighted by molar-refractivity contribution is 5.76. The Morgan fingerprint density at radius 3 is 2.61 bits per heavy atom. The van der Waals surface area contributed by atoms with Crippen molar-refractivity contribution in [2.45, 2.75) is 37.8 Å². The molecule has 23 heavy (non-hydrogen) atoms. The zero-order chi connectivity index (χ0) is 16.5. The molecule has 0 aromatic heterocycles. The van der Waals surface area contributed by atoms with Crippen LogP contribution in [-0.4, -0.2) is 44.8 Å². The third-order valence-corrected chi connectivity index (χ3v) is 4.50. The van der Waals surface area contributed by atoms with E-state index >= 15 is 0 Å². The van der Waals surface area contributed by atoms with Crippen molar-refractivity contribution in [1.82, 2.24) is 16.0 Å². The van der Waals surface area contributed by atoms with E-state index in [2.05, 4.69) is 47.1 Å². The molecule has 2 rings (SSSR count). The number of ether oxygens (including phenoxy) is 1. The van der Waals surface area contributed by atoms with E-state index in [1.54, 1.807) is 0 Å². The molecule has 1 aliphatic rings. The molecule has 1 aromatic carbocycles. The van der Waals surface area contributed by atoms with E-state index in [4.69, 9.17) is 4.74 Å². The third-order valence-electron chi connectivity index (χ3n) is 4.50. The van der Waals surface area contributed by atoms with Gasteiger partial charge in [0.1, 0.15) is 0 Å². The van der Waals surface area contributed by atoms with Crippen LogP contribution in [0.2, 0.25) is 0 Å². The van der Waals surface area contributed by atoms with Gasteiger partial charge in [-0.3, -0.25) is 4.79 Å². The molecule has 0 saturated carbocycles. The van der Waals surface area contributed by atoms with Crippen molar-refractivity contribution in [2.24, 2.45) is 0 Å². The molecule has 1 aromatic rings. The Hall–Kier alpha value is -1.43. The van der Waals surface area contributed by atoms with Crippen LogP contribution in [0.1, 0.15) is 37.8 Å². The van der Waals surface area contributed by atoms with Gasteiger partial charge in [0, 0.05) is 44.3 Å². The maximum absolute atomic E-state index is 11.9. The fourth-order valence-corrected chi connectivity index (χ4v) is 3.01. The van der Waals surface area contributed by atoms with Crippen LogP contribution in [0, 0.1) is 0 Å². The molecule has 1 atom stereocenters. The van der Waals surface area contributed by atoms with Crippen LogP contribution in [0.3, 0.4) is 0 Å². The summed E-state index contributed by atoms with van der Waals surface area (Å²) in [6.07, 6.45) is 2.34. The standard InChI is InChI=1S/C18H29N3O2/c1-15(16-6-4-3-5-7-16)21-18(9-12-23-13-10-18)14-20-17(22)8-11-19-2/h3-7,15,19,21H,8-14H2,1-2H3,(H,20,22). The Balaban J connectivity index is 1.96. The normalized spacial score (nSPS) is 18.3. The summed E-state index contributed by atoms with van der Waals surface area (Å²) in [5.41, 5.74) is 1.17. The fraction of sp³-hybridized carbons (Fsp3) is 0.611. The van der Waals surface area contributed by atoms with E-state index in [1.165, 1.54) is 5.56 Å². The van der Waals surface area contributed by atoms with Gasteiger partial charge in [0.25, 0.3) is 0 Å². The van der Waals surface area contributed by atoms with Gasteiger partial charge >= 0.3 is 0 Å². The second-order valence-electron chi connectivity index (χ2n) is 6.30. The average molecular weight is 319 g/mol. The molecule has 5 heteroatoms. The van der Waals surface area contributed by atoms with Crippen LogP contribution < -0.4 is 16.0 Å². The highest BCUT2D eigenvalue weighted by Crippen LogP contribution is 2.25. The molecule has 1 saturated heterocycles. The number of benzene rings is 1. The summed E-state index contributed by atoms with van der Waals surface area (Å²) in [6.45, 7) is 5.00. The molecule has 0 radical (unpaired) electrons. The largest absolute Gasteiger partial charge is 0.381 e. The first-order chi connectivity index (χ1) is 11.2. The van der Waals surface area contributed by atoms with E-state index in [-0.39, 0.29) is 17.5 Å². The van der Waals surface area contributed by atoms with Crippen molar-refractivity contribution in [2.75, 3.05) is 33.4 Å². The van der Waals surface area contributed by atoms with Gasteiger partial charge in [0.05, 0.1) is 0 Å². The highest BCUT2D eigenvalue weighted by Gasteiger charge is 2.34. The minimum atomic E-state index is -0.0944. The quantitative estimate of drug-likeness (QED) is 0.681. The van der Waals surface area contributed by atoms with Gasteiger partial charge in [0.2, 0.25) is 5.91 Å². The number of carbonyl (C=O) groups is 1. The van der Waals surface area contributed by atoms with Crippen LogP contribution in [-0.2, 0) is 9.53 Å². The van der Waals surface area contributed by atoms with Crippen LogP contribution in [0.4, 0.5) is 0 Å². The lowest BCUT2D eigenvalue weighted by Crippen LogP contribution is -2.57. The van der Waals surface area contributed by atoms with Gasteiger partial charge in [-0.05, 0) is 32.4 Å². The van der Waals surface area contributed by atoms with Crippen molar-refractivity contribution in [3.8, 4) is 0 Å². The predicted molar refractivity (Wildman–Crippen MR) is 92.3 cm³/mol. The zero-order valence-corrected chi connectivity index (χ0v) is 14.2. The molecule has 1 fully saturated rings. The van der Waals surface area contributed by atoms with Crippen LogP contribution >= 0.6 is 0 Å². The number of carbonyl (C=O) groups excluding carboxylic acids is 1. The smallest absolute Gasteiger partial charge is 0.221 e. The lowest BCUT2D eigenvalue weighted by atomic mass is 9.88. The van der Waals surface area contributed by atoms with Gasteiger partial charge in [-0.2, -0.15) is 0 Å². The van der Waals surface area contributed by atoms with Gasteiger partial charge in [-0.25, -0.2) is 0 Å². The second kappa shape index (κ2) is 9.01. The maximum atomic E-state index is 11.9. The van der Waals surface area contributed by atoms with E-state index in [1.807, 2.05) is 13.1 Å². The molecule has 0 bridgehead atoms. The van der Waals surface area contributed by atoms with Crippen molar-refractivity contribution in [3.63, 3.8) is 0 Å². The van der Waals surface area contributed by atoms with Gasteiger partial charge in [0.15, 0.2) is 0 Å². The first-order valence-corrected chi connectivity index (χ1v) is 8.47. The molecular weight excluding hydrogens is 290 g/mol. The fourth-order valence-electron chi connectivity index (χ4n) is 3.01. The summed E-state index contributed by atoms with van der Waals surface area (Å²) >= 11 is 0. The first kappa shape index (κ1) is 17.9. The molecular formula is C18H29N3O2. The molecule has 1 unspecified atom stereocenters. The Morgan fingerprint density at radius 1 is 1.26 bits per heavy atom. The number of hydrogen-bond acceptors (Lipinski definition) is 4. The van der Waals surface area contributed by atoms with Crippen LogP contribution in [0.25, 0.3) is 0 Å². The van der Waals surface area contributed by atoms with Crippen molar-refractivity contribution in [3.05, 3.63) is 35.9 Å². The summed E-state index contributed by atoms with van der Waals surface area (Å²) in [5, 5.41) is 9.84. The van der Waals surface area contributed by atoms with E-state index in [0.29, 0.717) is 19.5 Å². The molecule has 0 aliphatic carbocycles. The van der Waals surface area contributed by atoms with Crippen LogP contribution in [0.15, 0.2) is 30.3 Å². The Labute approximate surface area is 139 Å². The average Bonchev–Trinajstić information content (AvgIpc) is 2.60. The number of rotatable bonds is 8. The SMILES string of the molecule is CNCCC(=O)NCC1(NC(C)c2ccccc2)CCOCC1. The third kappa shape index (κ3) is 5.61. The first-order valence-electron chi connectivity index (χ1n) is 8.47. The summed E-state index contributed by atoms with van der Waals surface area (Å²) in [5.74, 6) is 0.0966. The van der Waals surface area contributed by atoms with Gasteiger partial charge in [-0.15, -0.1) is 0 Å². The molecule has 128 valence electrons. The number of amides is 1. The Morgan fingerprint density at radius 2 is 1.96 bits per heavy atom. The van der Waals surface area contributed by atoms with E-state index in [0.717, 1.165) is 26.1 Å². The topological polar surface area (TPSA) is 62.4 Å². The van der Waals surface area contributed by atoms with Crippen molar-refractivity contribution in [1.29, 1.82) is 0 Å². The van der Waals surface area contributed by atoms with Crippen LogP contribution in [0.5, 0.6) is 0 Å². The Bertz CT molecular complexity index is 472. The maximum Gasteiger partial charge on any atom is 0.221 e. The number of nitrogens with one attached hydrogen (secondary N) is 3. The lowest BCUT2D eigenvalue weighted by molar-refractivity contribution is -0.121. The minimum absolute atomic E-state index is 0.0944. The molecule has 3 N–H and O–H groups in total. The second-order valence-corrected chi connectivity index (χ2v) is 6.30. The zero-order valence-electron chi connectivity index (χ0n) is 14.2. The lowest BCUT2D eigenvalue weighted by Gasteiger charge is -2.40. The summed E-state index contributed by atoms with van der Waals surface area (Å²) in [4.78, 5) is 11.9. The highest BCUT2D eigenvalue weighted by atomic mass is 16.5. The summed E-state index contributed by atoms with van der Waals surface area (Å²) in [6, 6.07) is 10.7. The summed E-state index contributed by atoms with van der Waals surface area (Å²) < 4.78 is 5.52. The minimum Gasteiger partial charge on any atom is -0.381 e. The summed E-state index contributed by atoms with van der Waals surface area (Å²) in [7, 11) is 1.86. The van der Waals surface area contributed by atoms with Crippen molar-refractivity contribution >= 4 is 5.91 Å². The number of hydrogen-bond donors (Lipinski definition) is 3. The molecule has 5 nitrogen and oxygen atoms in total. The predicted octanol–water partition coefficient (Wildman–Crippen LogP) is 1.61. The molecule has 0 spiro atoms.